The van der Waals surface area contributed by atoms with Crippen LogP contribution in [0.15, 0.2) is 67.1 Å². The van der Waals surface area contributed by atoms with Gasteiger partial charge in [-0.2, -0.15) is 5.10 Å². The second-order valence-corrected chi connectivity index (χ2v) is 7.56. The van der Waals surface area contributed by atoms with Crippen LogP contribution in [0.2, 0.25) is 0 Å². The molecule has 0 fully saturated rings. The molecule has 7 nitrogen and oxygen atoms in total. The van der Waals surface area contributed by atoms with E-state index in [1.165, 1.54) is 4.68 Å². The van der Waals surface area contributed by atoms with E-state index in [9.17, 15) is 8.78 Å². The third kappa shape index (κ3) is 2.84. The zero-order chi connectivity index (χ0) is 20.9. The van der Waals surface area contributed by atoms with Gasteiger partial charge in [0.1, 0.15) is 18.2 Å². The Morgan fingerprint density at radius 3 is 2.68 bits per heavy atom. The van der Waals surface area contributed by atoms with Crippen LogP contribution in [0.25, 0.3) is 27.9 Å². The number of hydrogen-bond acceptors (Lipinski definition) is 5. The van der Waals surface area contributed by atoms with Crippen molar-refractivity contribution in [3.63, 3.8) is 0 Å². The largest absolute Gasteiger partial charge is 0.363 e. The lowest BCUT2D eigenvalue weighted by atomic mass is 9.97. The number of benzene rings is 2. The number of fused-ring (bicyclic) bond motifs is 4. The SMILES string of the molecule is FC(F)[C@@H]1C[C@H](c2ccccc2)Nc2c(-c3nc4c5ccccc5ncn4n3)cnn21. The van der Waals surface area contributed by atoms with Crippen LogP contribution >= 0.6 is 0 Å². The zero-order valence-electron chi connectivity index (χ0n) is 16.2. The van der Waals surface area contributed by atoms with E-state index >= 15 is 0 Å². The molecule has 0 amide bonds. The molecule has 0 bridgehead atoms. The number of nitrogens with zero attached hydrogens (tertiary/aromatic N) is 6. The van der Waals surface area contributed by atoms with Gasteiger partial charge in [-0.15, -0.1) is 5.10 Å². The van der Waals surface area contributed by atoms with E-state index < -0.39 is 12.5 Å². The fourth-order valence-electron chi connectivity index (χ4n) is 4.19. The summed E-state index contributed by atoms with van der Waals surface area (Å²) in [5.74, 6) is 0.909. The molecular weight excluding hydrogens is 400 g/mol. The van der Waals surface area contributed by atoms with Crippen LogP contribution in [0.1, 0.15) is 24.1 Å². The van der Waals surface area contributed by atoms with Gasteiger partial charge in [-0.25, -0.2) is 27.9 Å². The molecule has 31 heavy (non-hydrogen) atoms. The minimum atomic E-state index is -2.54. The summed E-state index contributed by atoms with van der Waals surface area (Å²) in [6.45, 7) is 0. The number of alkyl halides is 2. The van der Waals surface area contributed by atoms with Gasteiger partial charge >= 0.3 is 0 Å². The minimum Gasteiger partial charge on any atom is -0.363 e. The first-order valence-corrected chi connectivity index (χ1v) is 9.96. The first kappa shape index (κ1) is 17.9. The molecule has 1 aliphatic rings. The summed E-state index contributed by atoms with van der Waals surface area (Å²) < 4.78 is 30.8. The molecule has 2 atom stereocenters. The highest BCUT2D eigenvalue weighted by molar-refractivity contribution is 5.91. The number of aromatic nitrogens is 6. The summed E-state index contributed by atoms with van der Waals surface area (Å²) in [4.78, 5) is 9.09. The van der Waals surface area contributed by atoms with Crippen molar-refractivity contribution in [2.75, 3.05) is 5.32 Å². The number of nitrogens with one attached hydrogen (secondary N) is 1. The van der Waals surface area contributed by atoms with E-state index in [2.05, 4.69) is 20.5 Å². The Morgan fingerprint density at radius 1 is 1.03 bits per heavy atom. The first-order chi connectivity index (χ1) is 15.2. The van der Waals surface area contributed by atoms with Crippen LogP contribution in [-0.4, -0.2) is 35.8 Å². The Balaban J connectivity index is 1.49. The Morgan fingerprint density at radius 2 is 1.84 bits per heavy atom. The van der Waals surface area contributed by atoms with E-state index in [1.54, 1.807) is 17.0 Å². The maximum Gasteiger partial charge on any atom is 0.260 e. The van der Waals surface area contributed by atoms with Crippen molar-refractivity contribution in [2.45, 2.75) is 24.9 Å². The van der Waals surface area contributed by atoms with Crippen molar-refractivity contribution in [1.29, 1.82) is 0 Å². The fraction of sp³-hybridized carbons (Fsp3) is 0.182. The molecule has 154 valence electrons. The van der Waals surface area contributed by atoms with E-state index in [0.29, 0.717) is 22.9 Å². The lowest BCUT2D eigenvalue weighted by Gasteiger charge is -2.32. The zero-order valence-corrected chi connectivity index (χ0v) is 16.2. The Hall–Kier alpha value is -3.88. The highest BCUT2D eigenvalue weighted by Crippen LogP contribution is 2.41. The highest BCUT2D eigenvalue weighted by atomic mass is 19.3. The van der Waals surface area contributed by atoms with Crippen molar-refractivity contribution < 1.29 is 8.78 Å². The van der Waals surface area contributed by atoms with Crippen LogP contribution in [0.5, 0.6) is 0 Å². The maximum absolute atomic E-state index is 13.9. The van der Waals surface area contributed by atoms with Crippen molar-refractivity contribution >= 4 is 22.4 Å². The molecule has 0 aliphatic carbocycles. The molecule has 0 saturated carbocycles. The molecule has 9 heteroatoms. The molecule has 0 saturated heterocycles. The summed E-state index contributed by atoms with van der Waals surface area (Å²) in [5.41, 5.74) is 3.00. The molecular formula is C22H17F2N7. The molecule has 3 aromatic heterocycles. The van der Waals surface area contributed by atoms with Crippen molar-refractivity contribution in [2.24, 2.45) is 0 Å². The van der Waals surface area contributed by atoms with Gasteiger partial charge in [0.15, 0.2) is 11.5 Å². The minimum absolute atomic E-state index is 0.239. The van der Waals surface area contributed by atoms with E-state index in [1.807, 2.05) is 54.6 Å². The number of rotatable bonds is 3. The van der Waals surface area contributed by atoms with Gasteiger partial charge < -0.3 is 5.32 Å². The maximum atomic E-state index is 13.9. The predicted octanol–water partition coefficient (Wildman–Crippen LogP) is 4.50. The Kier molecular flexibility index (Phi) is 3.95. The summed E-state index contributed by atoms with van der Waals surface area (Å²) in [5, 5.41) is 13.1. The van der Waals surface area contributed by atoms with Gasteiger partial charge in [-0.1, -0.05) is 42.5 Å². The lowest BCUT2D eigenvalue weighted by Crippen LogP contribution is -2.31. The molecule has 4 heterocycles. The number of para-hydroxylation sites is 1. The summed E-state index contributed by atoms with van der Waals surface area (Å²) in [6, 6.07) is 16.0. The average Bonchev–Trinajstić information content (AvgIpc) is 3.43. The van der Waals surface area contributed by atoms with Crippen molar-refractivity contribution in [3.05, 3.63) is 72.7 Å². The van der Waals surface area contributed by atoms with Gasteiger partial charge in [0, 0.05) is 5.39 Å². The standard InChI is InChI=1S/C22H17F2N7/c23-19(24)18-10-17(13-6-2-1-3-7-13)27-22-15(11-26-31(18)22)20-28-21-14-8-4-5-9-16(14)25-12-30(21)29-20/h1-9,11-12,17-19,27H,10H2/t17-,18+/m1/s1. The molecule has 5 aromatic rings. The number of hydrogen-bond donors (Lipinski definition) is 1. The quantitative estimate of drug-likeness (QED) is 0.468. The molecule has 2 aromatic carbocycles. The molecule has 1 aliphatic heterocycles. The smallest absolute Gasteiger partial charge is 0.260 e. The third-order valence-electron chi connectivity index (χ3n) is 5.71. The monoisotopic (exact) mass is 417 g/mol. The Bertz CT molecular complexity index is 1390. The topological polar surface area (TPSA) is 72.9 Å². The van der Waals surface area contributed by atoms with Crippen LogP contribution in [-0.2, 0) is 0 Å². The molecule has 1 N–H and O–H groups in total. The van der Waals surface area contributed by atoms with Crippen LogP contribution in [0.4, 0.5) is 14.6 Å². The first-order valence-electron chi connectivity index (χ1n) is 9.96. The summed E-state index contributed by atoms with van der Waals surface area (Å²) >= 11 is 0. The molecule has 0 spiro atoms. The van der Waals surface area contributed by atoms with Gasteiger partial charge in [0.05, 0.1) is 23.3 Å². The lowest BCUT2D eigenvalue weighted by molar-refractivity contribution is 0.0659. The molecule has 0 unspecified atom stereocenters. The van der Waals surface area contributed by atoms with Gasteiger partial charge in [0.2, 0.25) is 0 Å². The molecule has 6 rings (SSSR count). The second kappa shape index (κ2) is 6.83. The predicted molar refractivity (Wildman–Crippen MR) is 112 cm³/mol. The summed E-state index contributed by atoms with van der Waals surface area (Å²) in [7, 11) is 0. The number of halogens is 2. The normalized spacial score (nSPS) is 18.4. The van der Waals surface area contributed by atoms with Gasteiger partial charge in [-0.3, -0.25) is 0 Å². The highest BCUT2D eigenvalue weighted by Gasteiger charge is 2.36. The van der Waals surface area contributed by atoms with Crippen LogP contribution in [0.3, 0.4) is 0 Å². The van der Waals surface area contributed by atoms with Gasteiger partial charge in [-0.05, 0) is 24.1 Å². The average molecular weight is 417 g/mol. The van der Waals surface area contributed by atoms with E-state index in [-0.39, 0.29) is 12.5 Å². The van der Waals surface area contributed by atoms with Crippen molar-refractivity contribution in [1.82, 2.24) is 29.4 Å². The van der Waals surface area contributed by atoms with E-state index in [4.69, 9.17) is 4.98 Å². The third-order valence-corrected chi connectivity index (χ3v) is 5.71. The summed E-state index contributed by atoms with van der Waals surface area (Å²) in [6.07, 6.45) is 0.854. The van der Waals surface area contributed by atoms with Crippen molar-refractivity contribution in [3.8, 4) is 11.4 Å². The van der Waals surface area contributed by atoms with Crippen LogP contribution < -0.4 is 5.32 Å². The fourth-order valence-corrected chi connectivity index (χ4v) is 4.19. The number of anilines is 1. The van der Waals surface area contributed by atoms with E-state index in [0.717, 1.165) is 16.5 Å². The second-order valence-electron chi connectivity index (χ2n) is 7.56. The molecule has 0 radical (unpaired) electrons. The Labute approximate surface area is 175 Å². The van der Waals surface area contributed by atoms with Gasteiger partial charge in [0.25, 0.3) is 6.43 Å². The van der Waals surface area contributed by atoms with Crippen LogP contribution in [0, 0.1) is 0 Å².